The predicted octanol–water partition coefficient (Wildman–Crippen LogP) is 4.21. The number of rotatable bonds is 8. The van der Waals surface area contributed by atoms with E-state index in [9.17, 15) is 23.8 Å². The summed E-state index contributed by atoms with van der Waals surface area (Å²) in [5, 5.41) is 13.1. The van der Waals surface area contributed by atoms with E-state index in [1.165, 1.54) is 37.2 Å². The fourth-order valence-corrected chi connectivity index (χ4v) is 5.20. The second kappa shape index (κ2) is 9.14. The molecule has 0 saturated carbocycles. The van der Waals surface area contributed by atoms with Gasteiger partial charge in [-0.25, -0.2) is 0 Å². The third kappa shape index (κ3) is 4.51. The number of furan rings is 1. The molecule has 1 unspecified atom stereocenters. The quantitative estimate of drug-likeness (QED) is 0.257. The molecule has 174 valence electrons. The van der Waals surface area contributed by atoms with Gasteiger partial charge < -0.3 is 19.8 Å². The van der Waals surface area contributed by atoms with Crippen molar-refractivity contribution in [1.29, 1.82) is 0 Å². The first-order valence-corrected chi connectivity index (χ1v) is 12.0. The van der Waals surface area contributed by atoms with Crippen LogP contribution in [0.2, 0.25) is 0 Å². The average molecular weight is 473 g/mol. The van der Waals surface area contributed by atoms with Crippen LogP contribution in [0, 0.1) is 0 Å². The number of carbonyl (C=O) groups is 2. The van der Waals surface area contributed by atoms with Gasteiger partial charge in [0.15, 0.2) is 5.75 Å². The lowest BCUT2D eigenvalue weighted by molar-refractivity contribution is 0.0801. The first kappa shape index (κ1) is 22.6. The summed E-state index contributed by atoms with van der Waals surface area (Å²) in [5.41, 5.74) is 1.23. The molecule has 0 spiro atoms. The number of nitrogens with zero attached hydrogens (tertiary/aromatic N) is 2. The molecule has 1 atom stereocenters. The number of H-pyrrole nitrogens is 1. The molecular weight excluding hydrogens is 448 g/mol. The fourth-order valence-electron chi connectivity index (χ4n) is 3.65. The van der Waals surface area contributed by atoms with Gasteiger partial charge in [0.2, 0.25) is 0 Å². The molecule has 4 heterocycles. The summed E-state index contributed by atoms with van der Waals surface area (Å²) in [5.74, 6) is -1.32. The Morgan fingerprint density at radius 2 is 2.15 bits per heavy atom. The van der Waals surface area contributed by atoms with Crippen LogP contribution < -0.4 is 5.32 Å². The molecule has 10 nitrogen and oxygen atoms in total. The summed E-state index contributed by atoms with van der Waals surface area (Å²) < 4.78 is 28.0. The molecule has 0 bridgehead atoms. The zero-order chi connectivity index (χ0) is 23.6. The van der Waals surface area contributed by atoms with Crippen molar-refractivity contribution in [3.63, 3.8) is 0 Å². The molecule has 0 aromatic carbocycles. The van der Waals surface area contributed by atoms with Gasteiger partial charge in [-0.2, -0.15) is 10.6 Å². The van der Waals surface area contributed by atoms with Crippen LogP contribution in [-0.4, -0.2) is 46.6 Å². The highest BCUT2D eigenvalue weighted by atomic mass is 32.3. The number of amides is 1. The van der Waals surface area contributed by atoms with Crippen molar-refractivity contribution < 1.29 is 28.2 Å². The summed E-state index contributed by atoms with van der Waals surface area (Å²) in [7, 11) is -3.39. The number of nitrogens with one attached hydrogen (secondary N) is 2. The van der Waals surface area contributed by atoms with Crippen molar-refractivity contribution in [2.75, 3.05) is 0 Å². The number of aromatic amines is 1. The standard InChI is InChI=1S/C22H24N4O6S/c1-2-4-16(25-21(28)15-6-8-32-12-15)22(29)26-11-18(19-20(26)17(27)10-24-19)33(30,31)13-14-5-3-7-23-9-14/h3,5-12,16,24,27,30-31H,2,4,13H2,1H3,(H,25,28). The van der Waals surface area contributed by atoms with Crippen molar-refractivity contribution in [3.8, 4) is 5.75 Å². The number of aromatic nitrogens is 3. The van der Waals surface area contributed by atoms with E-state index in [1.807, 2.05) is 6.92 Å². The Bertz CT molecular complexity index is 1260. The lowest BCUT2D eigenvalue weighted by Crippen LogP contribution is -2.42. The van der Waals surface area contributed by atoms with Gasteiger partial charge in [-0.3, -0.25) is 28.2 Å². The summed E-state index contributed by atoms with van der Waals surface area (Å²) in [6, 6.07) is 3.99. The van der Waals surface area contributed by atoms with E-state index in [0.717, 1.165) is 4.57 Å². The molecule has 0 aliphatic heterocycles. The van der Waals surface area contributed by atoms with Crippen LogP contribution in [0.5, 0.6) is 5.75 Å². The van der Waals surface area contributed by atoms with Crippen LogP contribution >= 0.6 is 10.6 Å². The van der Waals surface area contributed by atoms with Crippen LogP contribution in [0.3, 0.4) is 0 Å². The smallest absolute Gasteiger partial charge is 0.255 e. The maximum atomic E-state index is 13.4. The SMILES string of the molecule is CCCC(NC(=O)c1ccoc1)C(=O)n1cc(S(O)(O)Cc2cccnc2)c2[nH]cc(O)c21. The maximum absolute atomic E-state index is 13.4. The third-order valence-corrected chi connectivity index (χ3v) is 6.96. The Kier molecular flexibility index (Phi) is 6.27. The monoisotopic (exact) mass is 472 g/mol. The lowest BCUT2D eigenvalue weighted by Gasteiger charge is -2.31. The molecule has 4 aromatic rings. The van der Waals surface area contributed by atoms with Crippen LogP contribution in [0.25, 0.3) is 11.0 Å². The zero-order valence-electron chi connectivity index (χ0n) is 17.8. The van der Waals surface area contributed by atoms with Gasteiger partial charge in [0, 0.05) is 24.8 Å². The van der Waals surface area contributed by atoms with Gasteiger partial charge in [-0.15, -0.1) is 0 Å². The minimum absolute atomic E-state index is 0.0893. The van der Waals surface area contributed by atoms with Crippen LogP contribution in [-0.2, 0) is 5.75 Å². The third-order valence-electron chi connectivity index (χ3n) is 5.21. The van der Waals surface area contributed by atoms with E-state index in [0.29, 0.717) is 18.4 Å². The maximum Gasteiger partial charge on any atom is 0.255 e. The van der Waals surface area contributed by atoms with E-state index < -0.39 is 28.4 Å². The number of carbonyl (C=O) groups excluding carboxylic acids is 2. The van der Waals surface area contributed by atoms with Gasteiger partial charge in [0.25, 0.3) is 11.8 Å². The van der Waals surface area contributed by atoms with Crippen LogP contribution in [0.1, 0.15) is 40.5 Å². The second-order valence-electron chi connectivity index (χ2n) is 7.60. The highest BCUT2D eigenvalue weighted by Crippen LogP contribution is 2.54. The first-order valence-electron chi connectivity index (χ1n) is 10.3. The van der Waals surface area contributed by atoms with E-state index in [2.05, 4.69) is 15.3 Å². The van der Waals surface area contributed by atoms with Crippen molar-refractivity contribution in [2.24, 2.45) is 0 Å². The molecule has 0 fully saturated rings. The van der Waals surface area contributed by atoms with Gasteiger partial charge in [-0.05, 0) is 24.1 Å². The van der Waals surface area contributed by atoms with Crippen molar-refractivity contribution in [1.82, 2.24) is 19.9 Å². The van der Waals surface area contributed by atoms with E-state index >= 15 is 0 Å². The highest BCUT2D eigenvalue weighted by Gasteiger charge is 2.30. The summed E-state index contributed by atoms with van der Waals surface area (Å²) in [6.07, 6.45) is 9.28. The molecule has 0 saturated heterocycles. The summed E-state index contributed by atoms with van der Waals surface area (Å²) in [4.78, 5) is 32.8. The number of hydrogen-bond acceptors (Lipinski definition) is 7. The molecule has 4 aromatic heterocycles. The van der Waals surface area contributed by atoms with Gasteiger partial charge in [0.05, 0.1) is 23.1 Å². The van der Waals surface area contributed by atoms with E-state index in [-0.39, 0.29) is 33.0 Å². The average Bonchev–Trinajstić information content (AvgIpc) is 3.52. The van der Waals surface area contributed by atoms with Crippen LogP contribution in [0.4, 0.5) is 0 Å². The Morgan fingerprint density at radius 1 is 1.33 bits per heavy atom. The summed E-state index contributed by atoms with van der Waals surface area (Å²) >= 11 is 0. The molecule has 0 radical (unpaired) electrons. The van der Waals surface area contributed by atoms with Crippen molar-refractivity contribution in [3.05, 3.63) is 66.6 Å². The lowest BCUT2D eigenvalue weighted by atomic mass is 10.1. The Morgan fingerprint density at radius 3 is 2.82 bits per heavy atom. The largest absolute Gasteiger partial charge is 0.504 e. The Labute approximate surface area is 190 Å². The fraction of sp³-hybridized carbons (Fsp3) is 0.227. The Balaban J connectivity index is 1.70. The molecule has 0 aliphatic carbocycles. The van der Waals surface area contributed by atoms with Gasteiger partial charge >= 0.3 is 0 Å². The van der Waals surface area contributed by atoms with Crippen molar-refractivity contribution >= 4 is 33.4 Å². The van der Waals surface area contributed by atoms with Gasteiger partial charge in [-0.1, -0.05) is 19.4 Å². The molecule has 0 aliphatic rings. The normalized spacial score (nSPS) is 13.2. The number of hydrogen-bond donors (Lipinski definition) is 5. The molecule has 5 N–H and O–H groups in total. The van der Waals surface area contributed by atoms with E-state index in [1.54, 1.807) is 18.3 Å². The minimum atomic E-state index is -3.39. The number of fused-ring (bicyclic) bond motifs is 1. The topological polar surface area (TPSA) is 154 Å². The zero-order valence-corrected chi connectivity index (χ0v) is 18.6. The molecule has 33 heavy (non-hydrogen) atoms. The second-order valence-corrected chi connectivity index (χ2v) is 9.66. The first-order chi connectivity index (χ1) is 15.8. The predicted molar refractivity (Wildman–Crippen MR) is 123 cm³/mol. The highest BCUT2D eigenvalue weighted by molar-refractivity contribution is 8.23. The Hall–Kier alpha value is -3.54. The van der Waals surface area contributed by atoms with Crippen molar-refractivity contribution in [2.45, 2.75) is 36.5 Å². The summed E-state index contributed by atoms with van der Waals surface area (Å²) in [6.45, 7) is 1.87. The molecule has 1 amide bonds. The molecule has 11 heteroatoms. The minimum Gasteiger partial charge on any atom is -0.504 e. The molecule has 4 rings (SSSR count). The van der Waals surface area contributed by atoms with Crippen LogP contribution in [0.15, 0.2) is 64.8 Å². The molecular formula is C22H24N4O6S. The van der Waals surface area contributed by atoms with E-state index in [4.69, 9.17) is 4.42 Å². The number of pyridine rings is 1. The van der Waals surface area contributed by atoms with Gasteiger partial charge in [0.1, 0.15) is 22.7 Å². The number of aromatic hydroxyl groups is 1.